The van der Waals surface area contributed by atoms with Gasteiger partial charge in [-0.2, -0.15) is 0 Å². The van der Waals surface area contributed by atoms with E-state index in [-0.39, 0.29) is 0 Å². The van der Waals surface area contributed by atoms with Gasteiger partial charge in [-0.1, -0.05) is 23.7 Å². The van der Waals surface area contributed by atoms with E-state index in [0.717, 1.165) is 22.9 Å². The summed E-state index contributed by atoms with van der Waals surface area (Å²) in [6.45, 7) is 0.822. The number of hydrogen-bond donors (Lipinski definition) is 0. The maximum absolute atomic E-state index is 5.87. The van der Waals surface area contributed by atoms with Gasteiger partial charge in [0.15, 0.2) is 0 Å². The zero-order valence-corrected chi connectivity index (χ0v) is 11.6. The predicted octanol–water partition coefficient (Wildman–Crippen LogP) is 4.11. The van der Waals surface area contributed by atoms with Gasteiger partial charge in [0, 0.05) is 30.5 Å². The van der Waals surface area contributed by atoms with Crippen LogP contribution in [0.2, 0.25) is 5.02 Å². The fourth-order valence-corrected chi connectivity index (χ4v) is 2.00. The Labute approximate surface area is 117 Å². The molecule has 0 spiro atoms. The average molecular weight is 281 g/mol. The molecule has 0 saturated heterocycles. The van der Waals surface area contributed by atoms with Crippen LogP contribution >= 0.6 is 23.2 Å². The third-order valence-corrected chi connectivity index (χ3v) is 3.24. The van der Waals surface area contributed by atoms with Gasteiger partial charge in [-0.3, -0.25) is 4.98 Å². The van der Waals surface area contributed by atoms with E-state index >= 15 is 0 Å². The van der Waals surface area contributed by atoms with Crippen LogP contribution in [0.15, 0.2) is 42.6 Å². The van der Waals surface area contributed by atoms with Gasteiger partial charge in [-0.15, -0.1) is 11.6 Å². The van der Waals surface area contributed by atoms with Crippen molar-refractivity contribution in [2.24, 2.45) is 0 Å². The largest absolute Gasteiger partial charge is 0.370 e. The molecule has 1 aromatic heterocycles. The number of nitrogens with zero attached hydrogens (tertiary/aromatic N) is 2. The highest BCUT2D eigenvalue weighted by Gasteiger charge is 2.03. The van der Waals surface area contributed by atoms with Gasteiger partial charge in [0.1, 0.15) is 0 Å². The lowest BCUT2D eigenvalue weighted by Crippen LogP contribution is -2.16. The molecule has 0 fully saturated rings. The van der Waals surface area contributed by atoms with Crippen molar-refractivity contribution in [1.82, 2.24) is 4.98 Å². The molecule has 94 valence electrons. The highest BCUT2D eigenvalue weighted by atomic mass is 35.5. The Morgan fingerprint density at radius 1 is 1.17 bits per heavy atom. The molecule has 1 heterocycles. The number of anilines is 1. The molecule has 0 amide bonds. The van der Waals surface area contributed by atoms with Crippen LogP contribution in [0.1, 0.15) is 11.3 Å². The fraction of sp³-hybridized carbons (Fsp3) is 0.214. The monoisotopic (exact) mass is 280 g/mol. The van der Waals surface area contributed by atoms with Gasteiger partial charge in [0.05, 0.1) is 11.6 Å². The van der Waals surface area contributed by atoms with Crippen molar-refractivity contribution >= 4 is 28.9 Å². The molecule has 0 N–H and O–H groups in total. The molecule has 2 nitrogen and oxygen atoms in total. The minimum absolute atomic E-state index is 0.433. The minimum Gasteiger partial charge on any atom is -0.370 e. The van der Waals surface area contributed by atoms with E-state index in [2.05, 4.69) is 9.88 Å². The van der Waals surface area contributed by atoms with E-state index in [1.807, 2.05) is 43.4 Å². The molecule has 1 aromatic carbocycles. The Balaban J connectivity index is 2.11. The van der Waals surface area contributed by atoms with Crippen LogP contribution in [-0.4, -0.2) is 12.0 Å². The molecule has 0 aliphatic carbocycles. The van der Waals surface area contributed by atoms with E-state index in [1.165, 1.54) is 5.56 Å². The van der Waals surface area contributed by atoms with Crippen molar-refractivity contribution < 1.29 is 0 Å². The lowest BCUT2D eigenvalue weighted by molar-refractivity contribution is 0.917. The molecular formula is C14H14Cl2N2. The SMILES string of the molecule is CN(Cc1ccc(Cl)cc1)c1ccnc(CCl)c1. The van der Waals surface area contributed by atoms with Crippen LogP contribution in [0, 0.1) is 0 Å². The Bertz CT molecular complexity index is 511. The second-order valence-electron chi connectivity index (χ2n) is 4.12. The van der Waals surface area contributed by atoms with E-state index in [1.54, 1.807) is 6.20 Å². The fourth-order valence-electron chi connectivity index (χ4n) is 1.73. The Kier molecular flexibility index (Phi) is 4.45. The van der Waals surface area contributed by atoms with Crippen LogP contribution in [0.3, 0.4) is 0 Å². The maximum atomic E-state index is 5.87. The first kappa shape index (κ1) is 13.2. The molecule has 0 aliphatic heterocycles. The molecule has 0 unspecified atom stereocenters. The maximum Gasteiger partial charge on any atom is 0.0648 e. The van der Waals surface area contributed by atoms with Crippen molar-refractivity contribution in [3.05, 3.63) is 58.9 Å². The van der Waals surface area contributed by atoms with Gasteiger partial charge in [0.2, 0.25) is 0 Å². The summed E-state index contributed by atoms with van der Waals surface area (Å²) in [6.07, 6.45) is 1.78. The molecule has 0 atom stereocenters. The second kappa shape index (κ2) is 6.07. The lowest BCUT2D eigenvalue weighted by Gasteiger charge is -2.19. The topological polar surface area (TPSA) is 16.1 Å². The summed E-state index contributed by atoms with van der Waals surface area (Å²) < 4.78 is 0. The molecule has 0 radical (unpaired) electrons. The molecule has 0 saturated carbocycles. The van der Waals surface area contributed by atoms with Crippen molar-refractivity contribution in [3.63, 3.8) is 0 Å². The van der Waals surface area contributed by atoms with Crippen LogP contribution < -0.4 is 4.90 Å². The normalized spacial score (nSPS) is 10.4. The van der Waals surface area contributed by atoms with Crippen LogP contribution in [0.4, 0.5) is 5.69 Å². The van der Waals surface area contributed by atoms with Crippen molar-refractivity contribution in [1.29, 1.82) is 0 Å². The van der Waals surface area contributed by atoms with Crippen molar-refractivity contribution in [2.45, 2.75) is 12.4 Å². The molecule has 0 bridgehead atoms. The summed E-state index contributed by atoms with van der Waals surface area (Å²) in [7, 11) is 2.04. The molecule has 2 aromatic rings. The highest BCUT2D eigenvalue weighted by Crippen LogP contribution is 2.17. The van der Waals surface area contributed by atoms with E-state index in [4.69, 9.17) is 23.2 Å². The van der Waals surface area contributed by atoms with Crippen LogP contribution in [0.25, 0.3) is 0 Å². The van der Waals surface area contributed by atoms with Gasteiger partial charge >= 0.3 is 0 Å². The number of halogens is 2. The summed E-state index contributed by atoms with van der Waals surface area (Å²) in [5.74, 6) is 0.433. The third kappa shape index (κ3) is 3.37. The van der Waals surface area contributed by atoms with E-state index in [9.17, 15) is 0 Å². The van der Waals surface area contributed by atoms with E-state index in [0.29, 0.717) is 5.88 Å². The number of alkyl halides is 1. The van der Waals surface area contributed by atoms with Crippen molar-refractivity contribution in [3.8, 4) is 0 Å². The number of rotatable bonds is 4. The number of benzene rings is 1. The smallest absolute Gasteiger partial charge is 0.0648 e. The molecule has 4 heteroatoms. The van der Waals surface area contributed by atoms with Gasteiger partial charge in [0.25, 0.3) is 0 Å². The Morgan fingerprint density at radius 2 is 1.89 bits per heavy atom. The third-order valence-electron chi connectivity index (χ3n) is 2.71. The van der Waals surface area contributed by atoms with Crippen LogP contribution in [0.5, 0.6) is 0 Å². The highest BCUT2D eigenvalue weighted by molar-refractivity contribution is 6.30. The summed E-state index contributed by atoms with van der Waals surface area (Å²) in [6, 6.07) is 11.8. The minimum atomic E-state index is 0.433. The molecular weight excluding hydrogens is 267 g/mol. The number of aromatic nitrogens is 1. The van der Waals surface area contributed by atoms with Gasteiger partial charge < -0.3 is 4.90 Å². The number of hydrogen-bond acceptors (Lipinski definition) is 2. The Hall–Kier alpha value is -1.25. The Morgan fingerprint density at radius 3 is 2.56 bits per heavy atom. The van der Waals surface area contributed by atoms with E-state index < -0.39 is 0 Å². The van der Waals surface area contributed by atoms with Gasteiger partial charge in [-0.25, -0.2) is 0 Å². The quantitative estimate of drug-likeness (QED) is 0.784. The molecule has 0 aliphatic rings. The first-order chi connectivity index (χ1) is 8.69. The summed E-state index contributed by atoms with van der Waals surface area (Å²) in [5.41, 5.74) is 3.21. The standard InChI is InChI=1S/C14H14Cl2N2/c1-18(10-11-2-4-12(16)5-3-11)14-6-7-17-13(8-14)9-15/h2-8H,9-10H2,1H3. The van der Waals surface area contributed by atoms with Gasteiger partial charge in [-0.05, 0) is 29.8 Å². The number of pyridine rings is 1. The summed E-state index contributed by atoms with van der Waals surface area (Å²) in [4.78, 5) is 6.34. The van der Waals surface area contributed by atoms with Crippen LogP contribution in [-0.2, 0) is 12.4 Å². The first-order valence-corrected chi connectivity index (χ1v) is 6.57. The molecule has 2 rings (SSSR count). The summed E-state index contributed by atoms with van der Waals surface area (Å²) in [5, 5.41) is 0.759. The predicted molar refractivity (Wildman–Crippen MR) is 77.4 cm³/mol. The van der Waals surface area contributed by atoms with Crippen molar-refractivity contribution in [2.75, 3.05) is 11.9 Å². The zero-order valence-electron chi connectivity index (χ0n) is 10.1. The average Bonchev–Trinajstić information content (AvgIpc) is 2.41. The lowest BCUT2D eigenvalue weighted by atomic mass is 10.2. The summed E-state index contributed by atoms with van der Waals surface area (Å²) >= 11 is 11.7. The second-order valence-corrected chi connectivity index (χ2v) is 4.83. The zero-order chi connectivity index (χ0) is 13.0. The molecule has 18 heavy (non-hydrogen) atoms. The first-order valence-electron chi connectivity index (χ1n) is 5.65.